The van der Waals surface area contributed by atoms with Crippen LogP contribution < -0.4 is 24.4 Å². The van der Waals surface area contributed by atoms with Gasteiger partial charge in [0.15, 0.2) is 10.6 Å². The van der Waals surface area contributed by atoms with Crippen LogP contribution in [0.1, 0.15) is 48.5 Å². The average Bonchev–Trinajstić information content (AvgIpc) is 3.56. The fourth-order valence-corrected chi connectivity index (χ4v) is 5.75. The maximum Gasteiger partial charge on any atom is 0.338 e. The first-order chi connectivity index (χ1) is 19.7. The quantitative estimate of drug-likeness (QED) is 0.229. The number of furan rings is 1. The van der Waals surface area contributed by atoms with Gasteiger partial charge < -0.3 is 18.6 Å². The van der Waals surface area contributed by atoms with E-state index in [9.17, 15) is 14.4 Å². The molecule has 4 aromatic rings. The number of carbonyl (C=O) groups is 2. The van der Waals surface area contributed by atoms with E-state index in [1.165, 1.54) is 29.9 Å². The zero-order chi connectivity index (χ0) is 29.3. The molecule has 1 aliphatic rings. The highest BCUT2D eigenvalue weighted by Crippen LogP contribution is 2.37. The maximum absolute atomic E-state index is 13.9. The summed E-state index contributed by atoms with van der Waals surface area (Å²) in [4.78, 5) is 43.8. The van der Waals surface area contributed by atoms with Crippen molar-refractivity contribution < 1.29 is 28.2 Å². The summed E-state index contributed by atoms with van der Waals surface area (Å²) in [5.74, 6) is 1.51. The summed E-state index contributed by atoms with van der Waals surface area (Å²) in [6, 6.07) is 15.1. The van der Waals surface area contributed by atoms with Crippen LogP contribution in [0.3, 0.4) is 0 Å². The third kappa shape index (κ3) is 5.26. The second-order valence-electron chi connectivity index (χ2n) is 9.25. The lowest BCUT2D eigenvalue weighted by atomic mass is 9.95. The predicted octanol–water partition coefficient (Wildman–Crippen LogP) is 4.28. The van der Waals surface area contributed by atoms with Gasteiger partial charge in [-0.25, -0.2) is 9.79 Å². The number of rotatable bonds is 8. The van der Waals surface area contributed by atoms with Crippen molar-refractivity contribution >= 4 is 29.2 Å². The van der Waals surface area contributed by atoms with E-state index < -0.39 is 12.0 Å². The Balaban J connectivity index is 1.64. The highest BCUT2D eigenvalue weighted by atomic mass is 32.1. The van der Waals surface area contributed by atoms with Crippen LogP contribution in [0.2, 0.25) is 0 Å². The number of esters is 1. The van der Waals surface area contributed by atoms with Gasteiger partial charge in [-0.15, -0.1) is 0 Å². The van der Waals surface area contributed by atoms with Crippen molar-refractivity contribution in [1.29, 1.82) is 0 Å². The lowest BCUT2D eigenvalue weighted by molar-refractivity contribution is -0.139. The molecule has 0 spiro atoms. The molecule has 0 saturated carbocycles. The van der Waals surface area contributed by atoms with Gasteiger partial charge in [-0.3, -0.25) is 14.2 Å². The van der Waals surface area contributed by atoms with Gasteiger partial charge in [-0.2, -0.15) is 0 Å². The number of hydrogen-bond acceptors (Lipinski definition) is 9. The van der Waals surface area contributed by atoms with E-state index in [4.69, 9.17) is 18.6 Å². The lowest BCUT2D eigenvalue weighted by Gasteiger charge is -2.26. The molecule has 1 aliphatic heterocycles. The van der Waals surface area contributed by atoms with Crippen molar-refractivity contribution in [2.75, 3.05) is 20.8 Å². The fourth-order valence-electron chi connectivity index (χ4n) is 4.72. The van der Waals surface area contributed by atoms with Crippen LogP contribution >= 0.6 is 11.3 Å². The Morgan fingerprint density at radius 2 is 1.83 bits per heavy atom. The van der Waals surface area contributed by atoms with Gasteiger partial charge in [0, 0.05) is 22.8 Å². The third-order valence-electron chi connectivity index (χ3n) is 6.72. The van der Waals surface area contributed by atoms with Gasteiger partial charge in [0.1, 0.15) is 29.1 Å². The van der Waals surface area contributed by atoms with E-state index in [1.54, 1.807) is 69.5 Å². The molecule has 41 heavy (non-hydrogen) atoms. The number of nitrogens with zero attached hydrogens (tertiary/aromatic N) is 2. The number of ether oxygens (including phenoxy) is 3. The first-order valence-corrected chi connectivity index (χ1v) is 13.7. The summed E-state index contributed by atoms with van der Waals surface area (Å²) in [6.07, 6.45) is 1.65. The Morgan fingerprint density at radius 1 is 1.07 bits per heavy atom. The minimum atomic E-state index is -0.857. The van der Waals surface area contributed by atoms with Gasteiger partial charge in [0.05, 0.1) is 36.6 Å². The first kappa shape index (κ1) is 27.9. The highest BCUT2D eigenvalue weighted by molar-refractivity contribution is 7.07. The summed E-state index contributed by atoms with van der Waals surface area (Å²) in [6.45, 7) is 5.13. The second-order valence-corrected chi connectivity index (χ2v) is 10.3. The molecule has 10 heteroatoms. The van der Waals surface area contributed by atoms with E-state index in [1.807, 2.05) is 12.1 Å². The maximum atomic E-state index is 13.9. The Morgan fingerprint density at radius 3 is 2.49 bits per heavy atom. The smallest absolute Gasteiger partial charge is 0.338 e. The van der Waals surface area contributed by atoms with Crippen molar-refractivity contribution in [3.8, 4) is 22.8 Å². The molecular weight excluding hydrogens is 544 g/mol. The molecule has 1 atom stereocenters. The largest absolute Gasteiger partial charge is 0.497 e. The zero-order valence-corrected chi connectivity index (χ0v) is 24.0. The number of Topliss-reactive ketones (excluding diaryl/α,β-unsaturated/α-hetero) is 1. The lowest BCUT2D eigenvalue weighted by Crippen LogP contribution is -2.40. The molecule has 2 aromatic heterocycles. The highest BCUT2D eigenvalue weighted by Gasteiger charge is 2.35. The summed E-state index contributed by atoms with van der Waals surface area (Å²) in [7, 11) is 3.07. The normalized spacial score (nSPS) is 14.9. The van der Waals surface area contributed by atoms with Crippen LogP contribution in [0.4, 0.5) is 0 Å². The minimum absolute atomic E-state index is 0.0155. The summed E-state index contributed by atoms with van der Waals surface area (Å²) >= 11 is 1.19. The van der Waals surface area contributed by atoms with E-state index in [0.29, 0.717) is 49.2 Å². The number of allylic oxidation sites excluding steroid dienone is 1. The first-order valence-electron chi connectivity index (χ1n) is 12.9. The van der Waals surface area contributed by atoms with Crippen LogP contribution in [-0.4, -0.2) is 37.1 Å². The number of hydrogen-bond donors (Lipinski definition) is 0. The van der Waals surface area contributed by atoms with E-state index in [-0.39, 0.29) is 23.5 Å². The number of benzene rings is 2. The molecule has 0 fully saturated rings. The topological polar surface area (TPSA) is 109 Å². The van der Waals surface area contributed by atoms with Gasteiger partial charge in [-0.05, 0) is 51.1 Å². The summed E-state index contributed by atoms with van der Waals surface area (Å²) in [5, 5.41) is 0. The van der Waals surface area contributed by atoms with Crippen molar-refractivity contribution in [3.63, 3.8) is 0 Å². The number of carbonyl (C=O) groups excluding carboxylic acids is 2. The van der Waals surface area contributed by atoms with Gasteiger partial charge in [0.25, 0.3) is 5.56 Å². The zero-order valence-electron chi connectivity index (χ0n) is 23.2. The molecule has 5 rings (SSSR count). The van der Waals surface area contributed by atoms with Crippen molar-refractivity contribution in [2.45, 2.75) is 26.8 Å². The molecule has 0 bridgehead atoms. The molecular formula is C31H28N2O7S. The summed E-state index contributed by atoms with van der Waals surface area (Å²) in [5.41, 5.74) is 2.32. The monoisotopic (exact) mass is 572 g/mol. The molecule has 0 aliphatic carbocycles. The molecule has 0 unspecified atom stereocenters. The molecule has 0 N–H and O–H groups in total. The SMILES string of the molecule is CCOC(=O)C1=C(C)N=c2s/c(=C\c3ccc(-c4ccc(C(C)=O)cc4)o3)c(=O)n2[C@@H]1c1cc(OC)ccc1OC. The van der Waals surface area contributed by atoms with Crippen LogP contribution in [0.25, 0.3) is 17.4 Å². The fraction of sp³-hybridized carbons (Fsp3) is 0.226. The Hall–Kier alpha value is -4.70. The van der Waals surface area contributed by atoms with Gasteiger partial charge >= 0.3 is 5.97 Å². The molecule has 0 radical (unpaired) electrons. The van der Waals surface area contributed by atoms with Crippen molar-refractivity contribution in [2.24, 2.45) is 4.99 Å². The molecule has 0 saturated heterocycles. The Kier molecular flexibility index (Phi) is 7.76. The molecule has 3 heterocycles. The Labute approximate surface area is 239 Å². The minimum Gasteiger partial charge on any atom is -0.497 e. The average molecular weight is 573 g/mol. The number of methoxy groups -OCH3 is 2. The van der Waals surface area contributed by atoms with Crippen molar-refractivity contribution in [1.82, 2.24) is 4.57 Å². The number of thiazole rings is 1. The molecule has 9 nitrogen and oxygen atoms in total. The predicted molar refractivity (Wildman–Crippen MR) is 154 cm³/mol. The van der Waals surface area contributed by atoms with Crippen LogP contribution in [0.5, 0.6) is 11.5 Å². The number of ketones is 1. The van der Waals surface area contributed by atoms with Crippen LogP contribution in [0, 0.1) is 0 Å². The molecule has 2 aromatic carbocycles. The second kappa shape index (κ2) is 11.4. The van der Waals surface area contributed by atoms with E-state index in [2.05, 4.69) is 4.99 Å². The van der Waals surface area contributed by atoms with Crippen molar-refractivity contribution in [3.05, 3.63) is 102 Å². The third-order valence-corrected chi connectivity index (χ3v) is 7.71. The standard InChI is InChI=1S/C31H28N2O7S/c1-6-39-30(36)27-17(2)32-31-33(28(27)23-15-21(37-4)11-14-25(23)38-5)29(35)26(41-31)16-22-12-13-24(40-22)20-9-7-19(8-10-20)18(3)34/h7-16,28H,6H2,1-5H3/b26-16-/t28-/m1/s1. The molecule has 0 amide bonds. The van der Waals surface area contributed by atoms with Gasteiger partial charge in [-0.1, -0.05) is 35.6 Å². The summed E-state index contributed by atoms with van der Waals surface area (Å²) < 4.78 is 24.3. The Bertz CT molecular complexity index is 1860. The number of aromatic nitrogens is 1. The number of fused-ring (bicyclic) bond motifs is 1. The van der Waals surface area contributed by atoms with Gasteiger partial charge in [0.2, 0.25) is 0 Å². The van der Waals surface area contributed by atoms with Crippen LogP contribution in [0.15, 0.2) is 80.1 Å². The van der Waals surface area contributed by atoms with E-state index in [0.717, 1.165) is 5.56 Å². The molecule has 210 valence electrons. The van der Waals surface area contributed by atoms with Crippen LogP contribution in [-0.2, 0) is 9.53 Å². The van der Waals surface area contributed by atoms with E-state index >= 15 is 0 Å².